The molecule has 0 heterocycles. The lowest BCUT2D eigenvalue weighted by Gasteiger charge is -2.20. The van der Waals surface area contributed by atoms with Crippen LogP contribution in [0.15, 0.2) is 12.3 Å². The minimum Gasteiger partial charge on any atom is -0.513 e. The van der Waals surface area contributed by atoms with Gasteiger partial charge in [-0.3, -0.25) is 4.79 Å². The van der Waals surface area contributed by atoms with Crippen molar-refractivity contribution in [3.8, 4) is 0 Å². The van der Waals surface area contributed by atoms with Crippen LogP contribution in [-0.2, 0) is 9.53 Å². The number of carbonyl (C=O) groups is 1. The molecular formula is C13H24O3. The van der Waals surface area contributed by atoms with Crippen molar-refractivity contribution in [2.45, 2.75) is 41.0 Å². The monoisotopic (exact) mass is 228 g/mol. The van der Waals surface area contributed by atoms with E-state index < -0.39 is 5.41 Å². The number of allylic oxidation sites excluding steroid dienone is 1. The van der Waals surface area contributed by atoms with Crippen molar-refractivity contribution in [1.29, 1.82) is 0 Å². The highest BCUT2D eigenvalue weighted by Gasteiger charge is 2.23. The van der Waals surface area contributed by atoms with Gasteiger partial charge in [-0.1, -0.05) is 20.4 Å². The molecular weight excluding hydrogens is 204 g/mol. The first-order valence-corrected chi connectivity index (χ1v) is 5.69. The molecule has 0 saturated heterocycles. The molecule has 0 fully saturated rings. The van der Waals surface area contributed by atoms with E-state index in [2.05, 4.69) is 6.58 Å². The van der Waals surface area contributed by atoms with Gasteiger partial charge in [0.25, 0.3) is 0 Å². The summed E-state index contributed by atoms with van der Waals surface area (Å²) in [5.41, 5.74) is -0.452. The zero-order valence-electron chi connectivity index (χ0n) is 11.0. The number of carbonyl (C=O) groups excluding carboxylic acids is 1. The Hall–Kier alpha value is -0.990. The molecule has 16 heavy (non-hydrogen) atoms. The lowest BCUT2D eigenvalue weighted by molar-refractivity contribution is -0.154. The van der Waals surface area contributed by atoms with Gasteiger partial charge in [-0.15, -0.1) is 0 Å². The molecule has 0 unspecified atom stereocenters. The fraction of sp³-hybridized carbons (Fsp3) is 0.769. The quantitative estimate of drug-likeness (QED) is 0.580. The zero-order valence-corrected chi connectivity index (χ0v) is 11.0. The fourth-order valence-corrected chi connectivity index (χ4v) is 1.24. The molecule has 3 nitrogen and oxygen atoms in total. The highest BCUT2D eigenvalue weighted by Crippen LogP contribution is 2.19. The molecule has 1 N–H and O–H groups in total. The summed E-state index contributed by atoms with van der Waals surface area (Å²) >= 11 is 0. The van der Waals surface area contributed by atoms with Crippen LogP contribution in [0.4, 0.5) is 0 Å². The van der Waals surface area contributed by atoms with Gasteiger partial charge in [-0.2, -0.15) is 0 Å². The van der Waals surface area contributed by atoms with Crippen LogP contribution in [-0.4, -0.2) is 17.7 Å². The summed E-state index contributed by atoms with van der Waals surface area (Å²) in [6.45, 7) is 13.3. The van der Waals surface area contributed by atoms with Crippen LogP contribution in [0.5, 0.6) is 0 Å². The van der Waals surface area contributed by atoms with E-state index in [4.69, 9.17) is 4.74 Å². The van der Waals surface area contributed by atoms with Crippen LogP contribution in [0.3, 0.4) is 0 Å². The number of ether oxygens (including phenoxy) is 1. The molecule has 94 valence electrons. The van der Waals surface area contributed by atoms with E-state index in [9.17, 15) is 9.90 Å². The third kappa shape index (κ3) is 5.79. The molecule has 0 amide bonds. The van der Waals surface area contributed by atoms with Crippen LogP contribution >= 0.6 is 0 Å². The third-order valence-corrected chi connectivity index (χ3v) is 2.44. The van der Waals surface area contributed by atoms with E-state index in [1.54, 1.807) is 0 Å². The second-order valence-electron chi connectivity index (χ2n) is 5.58. The first-order chi connectivity index (χ1) is 7.14. The summed E-state index contributed by atoms with van der Waals surface area (Å²) in [6, 6.07) is 0. The molecule has 0 radical (unpaired) electrons. The summed E-state index contributed by atoms with van der Waals surface area (Å²) < 4.78 is 5.20. The van der Waals surface area contributed by atoms with Gasteiger partial charge in [-0.05, 0) is 33.1 Å². The molecule has 0 rings (SSSR count). The van der Waals surface area contributed by atoms with Gasteiger partial charge in [0.05, 0.1) is 17.8 Å². The van der Waals surface area contributed by atoms with E-state index in [1.807, 2.05) is 34.6 Å². The van der Waals surface area contributed by atoms with E-state index in [-0.39, 0.29) is 23.6 Å². The van der Waals surface area contributed by atoms with Gasteiger partial charge in [0.2, 0.25) is 0 Å². The van der Waals surface area contributed by atoms with Gasteiger partial charge < -0.3 is 9.84 Å². The number of aliphatic hydroxyl groups excluding tert-OH is 1. The van der Waals surface area contributed by atoms with E-state index in [0.29, 0.717) is 6.61 Å². The predicted molar refractivity (Wildman–Crippen MR) is 65.1 cm³/mol. The van der Waals surface area contributed by atoms with Gasteiger partial charge in [0.15, 0.2) is 0 Å². The molecule has 2 atom stereocenters. The highest BCUT2D eigenvalue weighted by molar-refractivity contribution is 5.75. The predicted octanol–water partition coefficient (Wildman–Crippen LogP) is 3.31. The molecule has 0 aliphatic heterocycles. The Morgan fingerprint density at radius 2 is 1.88 bits per heavy atom. The molecule has 3 heteroatoms. The van der Waals surface area contributed by atoms with Gasteiger partial charge in [0.1, 0.15) is 0 Å². The smallest absolute Gasteiger partial charge is 0.311 e. The first-order valence-electron chi connectivity index (χ1n) is 5.69. The number of hydrogen-bond acceptors (Lipinski definition) is 3. The van der Waals surface area contributed by atoms with Crippen molar-refractivity contribution < 1.29 is 14.6 Å². The Bertz CT molecular complexity index is 250. The second-order valence-corrected chi connectivity index (χ2v) is 5.58. The number of rotatable bonds is 5. The molecule has 0 aromatic carbocycles. The lowest BCUT2D eigenvalue weighted by Crippen LogP contribution is -2.25. The van der Waals surface area contributed by atoms with Crippen molar-refractivity contribution in [3.05, 3.63) is 12.3 Å². The molecule has 0 aromatic rings. The Balaban J connectivity index is 3.95. The molecule has 0 aromatic heterocycles. The molecule has 0 aliphatic carbocycles. The van der Waals surface area contributed by atoms with Gasteiger partial charge in [-0.25, -0.2) is 0 Å². The van der Waals surface area contributed by atoms with Crippen molar-refractivity contribution in [2.75, 3.05) is 6.61 Å². The second kappa shape index (κ2) is 5.92. The number of aliphatic hydroxyl groups is 1. The molecule has 0 spiro atoms. The highest BCUT2D eigenvalue weighted by atomic mass is 16.5. The van der Waals surface area contributed by atoms with Crippen LogP contribution in [0.2, 0.25) is 0 Å². The molecule has 0 bridgehead atoms. The maximum Gasteiger partial charge on any atom is 0.311 e. The maximum absolute atomic E-state index is 11.5. The summed E-state index contributed by atoms with van der Waals surface area (Å²) in [6.07, 6.45) is 0.771. The Morgan fingerprint density at radius 3 is 2.25 bits per heavy atom. The molecule has 0 saturated carbocycles. The van der Waals surface area contributed by atoms with Crippen LogP contribution in [0.25, 0.3) is 0 Å². The SMILES string of the molecule is C=C(O)[C@H](C)C[C@H](C)COC(=O)C(C)(C)C. The van der Waals surface area contributed by atoms with Crippen molar-refractivity contribution in [1.82, 2.24) is 0 Å². The number of esters is 1. The maximum atomic E-state index is 11.5. The standard InChI is InChI=1S/C13H24O3/c1-9(7-10(2)11(3)14)8-16-12(15)13(4,5)6/h9-10,14H,3,7-8H2,1-2,4-6H3/t9-,10+/m0/s1. The van der Waals surface area contributed by atoms with Crippen molar-refractivity contribution >= 4 is 5.97 Å². The minimum atomic E-state index is -0.452. The van der Waals surface area contributed by atoms with Crippen LogP contribution in [0, 0.1) is 17.3 Å². The largest absolute Gasteiger partial charge is 0.513 e. The van der Waals surface area contributed by atoms with Crippen LogP contribution < -0.4 is 0 Å². The fourth-order valence-electron chi connectivity index (χ4n) is 1.24. The first kappa shape index (κ1) is 15.0. The summed E-state index contributed by atoms with van der Waals surface area (Å²) in [7, 11) is 0. The van der Waals surface area contributed by atoms with Crippen LogP contribution in [0.1, 0.15) is 41.0 Å². The average Bonchev–Trinajstić information content (AvgIpc) is 2.12. The minimum absolute atomic E-state index is 0.0448. The third-order valence-electron chi connectivity index (χ3n) is 2.44. The molecule has 0 aliphatic rings. The van der Waals surface area contributed by atoms with Crippen molar-refractivity contribution in [3.63, 3.8) is 0 Å². The lowest BCUT2D eigenvalue weighted by atomic mass is 9.96. The Labute approximate surface area is 98.5 Å². The summed E-state index contributed by atoms with van der Waals surface area (Å²) in [5.74, 6) is 0.275. The Morgan fingerprint density at radius 1 is 1.38 bits per heavy atom. The van der Waals surface area contributed by atoms with Gasteiger partial charge in [0, 0.05) is 5.92 Å². The number of hydrogen-bond donors (Lipinski definition) is 1. The van der Waals surface area contributed by atoms with E-state index >= 15 is 0 Å². The van der Waals surface area contributed by atoms with Gasteiger partial charge >= 0.3 is 5.97 Å². The topological polar surface area (TPSA) is 46.5 Å². The summed E-state index contributed by atoms with van der Waals surface area (Å²) in [4.78, 5) is 11.5. The van der Waals surface area contributed by atoms with E-state index in [0.717, 1.165) is 6.42 Å². The zero-order chi connectivity index (χ0) is 12.9. The summed E-state index contributed by atoms with van der Waals surface area (Å²) in [5, 5.41) is 9.17. The van der Waals surface area contributed by atoms with Crippen molar-refractivity contribution in [2.24, 2.45) is 17.3 Å². The Kier molecular flexibility index (Phi) is 5.56. The van der Waals surface area contributed by atoms with E-state index in [1.165, 1.54) is 0 Å². The average molecular weight is 228 g/mol. The normalized spacial score (nSPS) is 15.3.